The molecule has 12 heteroatoms. The first-order chi connectivity index (χ1) is 16.6. The second-order valence-corrected chi connectivity index (χ2v) is 11.4. The SMILES string of the molecule is CCn1c(=NC(=O)c2ccc(S(=O)(=O)N3CCCC(C)C3)cc2)sc2cc([N+](=O)[O-])cc(OC)c21. The van der Waals surface area contributed by atoms with Gasteiger partial charge in [0, 0.05) is 31.3 Å². The Hall–Kier alpha value is -3.09. The predicted molar refractivity (Wildman–Crippen MR) is 132 cm³/mol. The number of fused-ring (bicyclic) bond motifs is 1. The van der Waals surface area contributed by atoms with Crippen molar-refractivity contribution in [2.45, 2.75) is 38.1 Å². The quantitative estimate of drug-likeness (QED) is 0.361. The van der Waals surface area contributed by atoms with Crippen molar-refractivity contribution in [1.82, 2.24) is 8.87 Å². The van der Waals surface area contributed by atoms with Crippen LogP contribution in [0.25, 0.3) is 10.2 Å². The molecular weight excluding hydrogens is 492 g/mol. The number of hydrogen-bond acceptors (Lipinski definition) is 7. The highest BCUT2D eigenvalue weighted by molar-refractivity contribution is 7.89. The van der Waals surface area contributed by atoms with Gasteiger partial charge < -0.3 is 9.30 Å². The Bertz CT molecular complexity index is 1460. The van der Waals surface area contributed by atoms with Crippen molar-refractivity contribution in [2.24, 2.45) is 10.9 Å². The summed E-state index contributed by atoms with van der Waals surface area (Å²) >= 11 is 1.15. The van der Waals surface area contributed by atoms with Crippen LogP contribution in [0, 0.1) is 16.0 Å². The highest BCUT2D eigenvalue weighted by atomic mass is 32.2. The summed E-state index contributed by atoms with van der Waals surface area (Å²) in [4.78, 5) is 28.4. The third kappa shape index (κ3) is 4.86. The molecule has 1 aliphatic heterocycles. The van der Waals surface area contributed by atoms with Crippen LogP contribution >= 0.6 is 11.3 Å². The Balaban J connectivity index is 1.68. The van der Waals surface area contributed by atoms with Gasteiger partial charge in [-0.15, -0.1) is 0 Å². The van der Waals surface area contributed by atoms with E-state index in [-0.39, 0.29) is 16.1 Å². The lowest BCUT2D eigenvalue weighted by atomic mass is 10.0. The van der Waals surface area contributed by atoms with Crippen LogP contribution < -0.4 is 9.54 Å². The molecule has 1 amide bonds. The van der Waals surface area contributed by atoms with Gasteiger partial charge in [0.1, 0.15) is 5.52 Å². The number of carbonyl (C=O) groups excluding carboxylic acids is 1. The molecule has 0 bridgehead atoms. The molecule has 35 heavy (non-hydrogen) atoms. The number of non-ortho nitro benzene ring substituents is 1. The number of piperidine rings is 1. The highest BCUT2D eigenvalue weighted by Crippen LogP contribution is 2.32. The largest absolute Gasteiger partial charge is 0.494 e. The Morgan fingerprint density at radius 3 is 2.60 bits per heavy atom. The molecule has 2 heterocycles. The second-order valence-electron chi connectivity index (χ2n) is 8.43. The maximum absolute atomic E-state index is 13.0. The summed E-state index contributed by atoms with van der Waals surface area (Å²) in [6, 6.07) is 8.56. The van der Waals surface area contributed by atoms with Crippen molar-refractivity contribution in [3.8, 4) is 5.75 Å². The number of sulfonamides is 1. The van der Waals surface area contributed by atoms with E-state index in [2.05, 4.69) is 4.99 Å². The third-order valence-electron chi connectivity index (χ3n) is 6.03. The first kappa shape index (κ1) is 25.0. The summed E-state index contributed by atoms with van der Waals surface area (Å²) in [7, 11) is -2.19. The first-order valence-corrected chi connectivity index (χ1v) is 13.5. The van der Waals surface area contributed by atoms with Crippen LogP contribution in [0.5, 0.6) is 5.75 Å². The van der Waals surface area contributed by atoms with Crippen molar-refractivity contribution in [2.75, 3.05) is 20.2 Å². The van der Waals surface area contributed by atoms with Crippen molar-refractivity contribution in [3.05, 3.63) is 56.9 Å². The van der Waals surface area contributed by atoms with Crippen LogP contribution in [-0.4, -0.2) is 48.3 Å². The number of amides is 1. The molecule has 1 aliphatic rings. The lowest BCUT2D eigenvalue weighted by molar-refractivity contribution is -0.384. The number of nitro groups is 1. The predicted octanol–water partition coefficient (Wildman–Crippen LogP) is 3.80. The maximum Gasteiger partial charge on any atom is 0.279 e. The van der Waals surface area contributed by atoms with Crippen LogP contribution in [0.3, 0.4) is 0 Å². The van der Waals surface area contributed by atoms with Crippen LogP contribution in [0.2, 0.25) is 0 Å². The molecule has 1 fully saturated rings. The monoisotopic (exact) mass is 518 g/mol. The summed E-state index contributed by atoms with van der Waals surface area (Å²) in [5.41, 5.74) is 0.750. The number of carbonyl (C=O) groups is 1. The minimum Gasteiger partial charge on any atom is -0.494 e. The van der Waals surface area contributed by atoms with Crippen LogP contribution in [0.15, 0.2) is 46.3 Å². The van der Waals surface area contributed by atoms with E-state index in [9.17, 15) is 23.3 Å². The Labute approximate surface area is 206 Å². The molecule has 0 N–H and O–H groups in total. The van der Waals surface area contributed by atoms with E-state index < -0.39 is 20.9 Å². The van der Waals surface area contributed by atoms with E-state index >= 15 is 0 Å². The molecule has 186 valence electrons. The fraction of sp³-hybridized carbons (Fsp3) is 0.391. The normalized spacial score (nSPS) is 17.6. The van der Waals surface area contributed by atoms with Crippen LogP contribution in [-0.2, 0) is 16.6 Å². The third-order valence-corrected chi connectivity index (χ3v) is 8.93. The number of aromatic nitrogens is 1. The number of hydrogen-bond donors (Lipinski definition) is 0. The molecule has 1 aromatic heterocycles. The van der Waals surface area contributed by atoms with Crippen molar-refractivity contribution in [1.29, 1.82) is 0 Å². The number of nitrogens with zero attached hydrogens (tertiary/aromatic N) is 4. The van der Waals surface area contributed by atoms with Crippen LogP contribution in [0.1, 0.15) is 37.0 Å². The number of thiazole rings is 1. The Morgan fingerprint density at radius 1 is 1.29 bits per heavy atom. The lowest BCUT2D eigenvalue weighted by Crippen LogP contribution is -2.39. The van der Waals surface area contributed by atoms with E-state index in [0.717, 1.165) is 24.2 Å². The zero-order valence-electron chi connectivity index (χ0n) is 19.6. The van der Waals surface area contributed by atoms with E-state index in [4.69, 9.17) is 4.74 Å². The van der Waals surface area contributed by atoms with Gasteiger partial charge in [-0.25, -0.2) is 8.42 Å². The van der Waals surface area contributed by atoms with Gasteiger partial charge >= 0.3 is 0 Å². The topological polar surface area (TPSA) is 124 Å². The fourth-order valence-corrected chi connectivity index (χ4v) is 6.97. The van der Waals surface area contributed by atoms with E-state index in [1.807, 2.05) is 13.8 Å². The van der Waals surface area contributed by atoms with Gasteiger partial charge in [-0.05, 0) is 49.9 Å². The molecular formula is C23H26N4O6S2. The zero-order chi connectivity index (χ0) is 25.3. The number of rotatable bonds is 6. The van der Waals surface area contributed by atoms with Gasteiger partial charge in [-0.3, -0.25) is 14.9 Å². The van der Waals surface area contributed by atoms with E-state index in [1.165, 1.54) is 47.8 Å². The molecule has 1 unspecified atom stereocenters. The standard InChI is InChI=1S/C23H26N4O6S2/c1-4-26-21-19(33-3)12-17(27(29)30)13-20(21)34-23(26)24-22(28)16-7-9-18(10-8-16)35(31,32)25-11-5-6-15(2)14-25/h7-10,12-13,15H,4-6,11,14H2,1-3H3. The van der Waals surface area contributed by atoms with E-state index in [0.29, 0.717) is 46.3 Å². The average molecular weight is 519 g/mol. The second kappa shape index (κ2) is 9.88. The molecule has 0 radical (unpaired) electrons. The van der Waals surface area contributed by atoms with Gasteiger partial charge in [0.15, 0.2) is 10.6 Å². The van der Waals surface area contributed by atoms with Gasteiger partial charge in [0.05, 0.1) is 27.7 Å². The molecule has 0 spiro atoms. The highest BCUT2D eigenvalue weighted by Gasteiger charge is 2.28. The summed E-state index contributed by atoms with van der Waals surface area (Å²) in [5, 5.41) is 11.3. The maximum atomic E-state index is 13.0. The van der Waals surface area contributed by atoms with Gasteiger partial charge in [0.25, 0.3) is 11.6 Å². The number of ether oxygens (including phenoxy) is 1. The zero-order valence-corrected chi connectivity index (χ0v) is 21.3. The lowest BCUT2D eigenvalue weighted by Gasteiger charge is -2.30. The van der Waals surface area contributed by atoms with Gasteiger partial charge in [-0.1, -0.05) is 18.3 Å². The smallest absolute Gasteiger partial charge is 0.279 e. The summed E-state index contributed by atoms with van der Waals surface area (Å²) < 4.78 is 35.1. The minimum absolute atomic E-state index is 0.114. The molecule has 1 saturated heterocycles. The summed E-state index contributed by atoms with van der Waals surface area (Å²) in [6.07, 6.45) is 1.84. The number of methoxy groups -OCH3 is 1. The molecule has 3 aromatic rings. The average Bonchev–Trinajstić information content (AvgIpc) is 3.20. The van der Waals surface area contributed by atoms with Crippen molar-refractivity contribution >= 4 is 43.2 Å². The molecule has 10 nitrogen and oxygen atoms in total. The number of nitro benzene ring substituents is 1. The molecule has 4 rings (SSSR count). The summed E-state index contributed by atoms with van der Waals surface area (Å²) in [5.74, 6) is 0.0929. The number of benzene rings is 2. The number of aryl methyl sites for hydroxylation is 1. The Kier molecular flexibility index (Phi) is 7.06. The van der Waals surface area contributed by atoms with Crippen LogP contribution in [0.4, 0.5) is 5.69 Å². The van der Waals surface area contributed by atoms with E-state index in [1.54, 1.807) is 4.57 Å². The Morgan fingerprint density at radius 2 is 2.00 bits per heavy atom. The van der Waals surface area contributed by atoms with Crippen molar-refractivity contribution < 1.29 is 22.9 Å². The first-order valence-electron chi connectivity index (χ1n) is 11.2. The minimum atomic E-state index is -3.62. The molecule has 0 aliphatic carbocycles. The molecule has 2 aromatic carbocycles. The van der Waals surface area contributed by atoms with Gasteiger partial charge in [0.2, 0.25) is 10.0 Å². The molecule has 1 atom stereocenters. The summed E-state index contributed by atoms with van der Waals surface area (Å²) in [6.45, 7) is 5.36. The molecule has 0 saturated carbocycles. The van der Waals surface area contributed by atoms with Gasteiger partial charge in [-0.2, -0.15) is 9.30 Å². The van der Waals surface area contributed by atoms with Crippen molar-refractivity contribution in [3.63, 3.8) is 0 Å². The fourth-order valence-electron chi connectivity index (χ4n) is 4.23.